The van der Waals surface area contributed by atoms with Crippen LogP contribution in [0.5, 0.6) is 5.75 Å². The van der Waals surface area contributed by atoms with Gasteiger partial charge in [-0.25, -0.2) is 4.98 Å². The quantitative estimate of drug-likeness (QED) is 0.596. The highest BCUT2D eigenvalue weighted by Crippen LogP contribution is 2.26. The predicted molar refractivity (Wildman–Crippen MR) is 94.3 cm³/mol. The number of amides is 1. The molecule has 1 aliphatic carbocycles. The second-order valence-electron chi connectivity index (χ2n) is 5.73. The van der Waals surface area contributed by atoms with Gasteiger partial charge >= 0.3 is 0 Å². The van der Waals surface area contributed by atoms with E-state index in [1.54, 1.807) is 7.11 Å². The molecular formula is C17H21N5O3. The van der Waals surface area contributed by atoms with Crippen LogP contribution < -0.4 is 21.1 Å². The molecule has 1 heterocycles. The molecule has 1 aromatic heterocycles. The van der Waals surface area contributed by atoms with Crippen molar-refractivity contribution in [1.82, 2.24) is 9.97 Å². The number of hydrogen-bond donors (Lipinski definition) is 3. The lowest BCUT2D eigenvalue weighted by molar-refractivity contribution is 0.100. The Bertz CT molecular complexity index is 732. The van der Waals surface area contributed by atoms with E-state index in [0.29, 0.717) is 36.6 Å². The highest BCUT2D eigenvalue weighted by molar-refractivity contribution is 5.97. The van der Waals surface area contributed by atoms with Gasteiger partial charge in [-0.1, -0.05) is 0 Å². The molecule has 1 aromatic carbocycles. The Morgan fingerprint density at radius 3 is 2.68 bits per heavy atom. The van der Waals surface area contributed by atoms with Crippen LogP contribution in [0.4, 0.5) is 17.5 Å². The number of hydrogen-bond acceptors (Lipinski definition) is 7. The number of rotatable bonds is 9. The normalized spacial score (nSPS) is 13.3. The SMILES string of the molecule is COCCOc1ccc(Nc2ncc(C(N)=O)c(NC3CC3)n2)cc1. The van der Waals surface area contributed by atoms with E-state index in [2.05, 4.69) is 20.6 Å². The lowest BCUT2D eigenvalue weighted by atomic mass is 10.3. The number of nitrogens with zero attached hydrogens (tertiary/aromatic N) is 2. The molecule has 0 bridgehead atoms. The summed E-state index contributed by atoms with van der Waals surface area (Å²) in [6.07, 6.45) is 3.57. The number of ether oxygens (including phenoxy) is 2. The Hall–Kier alpha value is -2.87. The minimum Gasteiger partial charge on any atom is -0.491 e. The van der Waals surface area contributed by atoms with E-state index in [9.17, 15) is 4.79 Å². The fourth-order valence-electron chi connectivity index (χ4n) is 2.16. The Labute approximate surface area is 145 Å². The maximum Gasteiger partial charge on any atom is 0.254 e. The molecule has 1 amide bonds. The third-order valence-corrected chi connectivity index (χ3v) is 3.64. The van der Waals surface area contributed by atoms with Crippen LogP contribution in [-0.4, -0.2) is 42.2 Å². The van der Waals surface area contributed by atoms with Crippen LogP contribution in [0.25, 0.3) is 0 Å². The standard InChI is InChI=1S/C17H21N5O3/c1-24-8-9-25-13-6-4-12(5-7-13)21-17-19-10-14(15(18)23)16(22-17)20-11-2-3-11/h4-7,10-11H,2-3,8-9H2,1H3,(H2,18,23)(H2,19,20,21,22). The molecule has 0 atom stereocenters. The van der Waals surface area contributed by atoms with Gasteiger partial charge in [0.15, 0.2) is 0 Å². The molecule has 25 heavy (non-hydrogen) atoms. The van der Waals surface area contributed by atoms with Crippen LogP contribution in [-0.2, 0) is 4.74 Å². The van der Waals surface area contributed by atoms with Crippen molar-refractivity contribution in [3.8, 4) is 5.75 Å². The van der Waals surface area contributed by atoms with Crippen molar-refractivity contribution < 1.29 is 14.3 Å². The van der Waals surface area contributed by atoms with E-state index >= 15 is 0 Å². The van der Waals surface area contributed by atoms with Crippen molar-refractivity contribution >= 4 is 23.4 Å². The Balaban J connectivity index is 1.68. The summed E-state index contributed by atoms with van der Waals surface area (Å²) in [5, 5.41) is 6.31. The van der Waals surface area contributed by atoms with Crippen LogP contribution in [0.2, 0.25) is 0 Å². The van der Waals surface area contributed by atoms with Crippen LogP contribution in [0.3, 0.4) is 0 Å². The van der Waals surface area contributed by atoms with Gasteiger partial charge in [0.05, 0.1) is 12.2 Å². The number of primary amides is 1. The molecule has 132 valence electrons. The van der Waals surface area contributed by atoms with Gasteiger partial charge in [-0.15, -0.1) is 0 Å². The zero-order chi connectivity index (χ0) is 17.6. The first kappa shape index (κ1) is 17.0. The second kappa shape index (κ2) is 7.80. The summed E-state index contributed by atoms with van der Waals surface area (Å²) in [4.78, 5) is 20.0. The average molecular weight is 343 g/mol. The van der Waals surface area contributed by atoms with Crippen molar-refractivity contribution in [1.29, 1.82) is 0 Å². The Kier molecular flexibility index (Phi) is 5.30. The first-order valence-electron chi connectivity index (χ1n) is 8.08. The summed E-state index contributed by atoms with van der Waals surface area (Å²) in [7, 11) is 1.63. The molecule has 2 aromatic rings. The molecule has 3 rings (SSSR count). The largest absolute Gasteiger partial charge is 0.491 e. The van der Waals surface area contributed by atoms with Crippen LogP contribution in [0.15, 0.2) is 30.5 Å². The minimum atomic E-state index is -0.549. The summed E-state index contributed by atoms with van der Waals surface area (Å²) in [5.74, 6) is 1.06. The molecule has 1 saturated carbocycles. The lowest BCUT2D eigenvalue weighted by Crippen LogP contribution is -2.17. The molecule has 1 aliphatic rings. The molecule has 1 fully saturated rings. The molecule has 0 saturated heterocycles. The van der Waals surface area contributed by atoms with Gasteiger partial charge in [-0.2, -0.15) is 4.98 Å². The third-order valence-electron chi connectivity index (χ3n) is 3.64. The van der Waals surface area contributed by atoms with Gasteiger partial charge < -0.3 is 25.8 Å². The number of aromatic nitrogens is 2. The van der Waals surface area contributed by atoms with Crippen molar-refractivity contribution in [2.24, 2.45) is 5.73 Å². The van der Waals surface area contributed by atoms with E-state index in [4.69, 9.17) is 15.2 Å². The number of carbonyl (C=O) groups excluding carboxylic acids is 1. The van der Waals surface area contributed by atoms with Crippen molar-refractivity contribution in [3.63, 3.8) is 0 Å². The summed E-state index contributed by atoms with van der Waals surface area (Å²) < 4.78 is 10.5. The summed E-state index contributed by atoms with van der Waals surface area (Å²) in [6, 6.07) is 7.77. The molecule has 0 unspecified atom stereocenters. The van der Waals surface area contributed by atoms with E-state index in [1.807, 2.05) is 24.3 Å². The molecule has 0 aliphatic heterocycles. The maximum absolute atomic E-state index is 11.5. The second-order valence-corrected chi connectivity index (χ2v) is 5.73. The fourth-order valence-corrected chi connectivity index (χ4v) is 2.16. The van der Waals surface area contributed by atoms with E-state index in [1.165, 1.54) is 6.20 Å². The number of carbonyl (C=O) groups is 1. The number of benzene rings is 1. The zero-order valence-corrected chi connectivity index (χ0v) is 14.0. The summed E-state index contributed by atoms with van der Waals surface area (Å²) in [6.45, 7) is 1.04. The molecule has 0 spiro atoms. The maximum atomic E-state index is 11.5. The minimum absolute atomic E-state index is 0.291. The molecule has 8 heteroatoms. The Morgan fingerprint density at radius 1 is 1.28 bits per heavy atom. The molecular weight excluding hydrogens is 322 g/mol. The zero-order valence-electron chi connectivity index (χ0n) is 14.0. The highest BCUT2D eigenvalue weighted by atomic mass is 16.5. The first-order chi connectivity index (χ1) is 12.2. The molecule has 8 nitrogen and oxygen atoms in total. The average Bonchev–Trinajstić information content (AvgIpc) is 3.41. The van der Waals surface area contributed by atoms with Gasteiger partial charge in [0, 0.05) is 25.0 Å². The molecule has 4 N–H and O–H groups in total. The third kappa shape index (κ3) is 4.80. The van der Waals surface area contributed by atoms with Crippen LogP contribution in [0.1, 0.15) is 23.2 Å². The van der Waals surface area contributed by atoms with Gasteiger partial charge in [-0.3, -0.25) is 4.79 Å². The summed E-state index contributed by atoms with van der Waals surface area (Å²) >= 11 is 0. The number of methoxy groups -OCH3 is 1. The smallest absolute Gasteiger partial charge is 0.254 e. The lowest BCUT2D eigenvalue weighted by Gasteiger charge is -2.11. The van der Waals surface area contributed by atoms with Crippen LogP contribution >= 0.6 is 0 Å². The number of nitrogens with one attached hydrogen (secondary N) is 2. The van der Waals surface area contributed by atoms with Gasteiger partial charge in [-0.05, 0) is 37.1 Å². The van der Waals surface area contributed by atoms with Crippen LogP contribution in [0, 0.1) is 0 Å². The Morgan fingerprint density at radius 2 is 2.04 bits per heavy atom. The van der Waals surface area contributed by atoms with E-state index < -0.39 is 5.91 Å². The van der Waals surface area contributed by atoms with Gasteiger partial charge in [0.25, 0.3) is 5.91 Å². The van der Waals surface area contributed by atoms with Gasteiger partial charge in [0.1, 0.15) is 18.2 Å². The van der Waals surface area contributed by atoms with Crippen molar-refractivity contribution in [2.75, 3.05) is 31.0 Å². The first-order valence-corrected chi connectivity index (χ1v) is 8.08. The number of nitrogens with two attached hydrogens (primary N) is 1. The highest BCUT2D eigenvalue weighted by Gasteiger charge is 2.24. The van der Waals surface area contributed by atoms with Crippen molar-refractivity contribution in [3.05, 3.63) is 36.0 Å². The molecule has 0 radical (unpaired) electrons. The van der Waals surface area contributed by atoms with Gasteiger partial charge in [0.2, 0.25) is 5.95 Å². The monoisotopic (exact) mass is 343 g/mol. The summed E-state index contributed by atoms with van der Waals surface area (Å²) in [5.41, 5.74) is 6.48. The predicted octanol–water partition coefficient (Wildman–Crippen LogP) is 1.92. The van der Waals surface area contributed by atoms with E-state index in [-0.39, 0.29) is 0 Å². The van der Waals surface area contributed by atoms with E-state index in [0.717, 1.165) is 24.3 Å². The fraction of sp³-hybridized carbons (Fsp3) is 0.353. The number of anilines is 3. The van der Waals surface area contributed by atoms with Crippen molar-refractivity contribution in [2.45, 2.75) is 18.9 Å². The topological polar surface area (TPSA) is 111 Å².